The van der Waals surface area contributed by atoms with Crippen molar-refractivity contribution in [2.45, 2.75) is 38.5 Å². The zero-order chi connectivity index (χ0) is 19.5. The summed E-state index contributed by atoms with van der Waals surface area (Å²) in [7, 11) is -4.06. The summed E-state index contributed by atoms with van der Waals surface area (Å²) in [6.45, 7) is 6.47. The first-order valence-electron chi connectivity index (χ1n) is 8.07. The SMILES string of the molecule is CC(=O)Oc1ccc(N(C(C)=O)S(=O)(=O)c2ccc(C(C)C)cc2)cc1. The molecule has 0 aliphatic rings. The highest BCUT2D eigenvalue weighted by molar-refractivity contribution is 7.93. The average Bonchev–Trinajstić information content (AvgIpc) is 2.55. The van der Waals surface area contributed by atoms with Gasteiger partial charge in [0.2, 0.25) is 5.91 Å². The van der Waals surface area contributed by atoms with E-state index in [1.54, 1.807) is 12.1 Å². The summed E-state index contributed by atoms with van der Waals surface area (Å²) in [5, 5.41) is 0. The van der Waals surface area contributed by atoms with E-state index in [1.807, 2.05) is 13.8 Å². The molecule has 26 heavy (non-hydrogen) atoms. The molecule has 0 radical (unpaired) electrons. The highest BCUT2D eigenvalue weighted by Crippen LogP contribution is 2.27. The first kappa shape index (κ1) is 19.7. The number of sulfonamides is 1. The number of rotatable bonds is 5. The van der Waals surface area contributed by atoms with Gasteiger partial charge in [0.25, 0.3) is 10.0 Å². The van der Waals surface area contributed by atoms with Gasteiger partial charge in [0.15, 0.2) is 0 Å². The second-order valence-electron chi connectivity index (χ2n) is 6.10. The van der Waals surface area contributed by atoms with Crippen LogP contribution in [0.15, 0.2) is 53.4 Å². The Bertz CT molecular complexity index is 900. The summed E-state index contributed by atoms with van der Waals surface area (Å²) >= 11 is 0. The molecule has 0 saturated heterocycles. The number of esters is 1. The summed E-state index contributed by atoms with van der Waals surface area (Å²) < 4.78 is 31.5. The molecule has 0 heterocycles. The number of ether oxygens (including phenoxy) is 1. The van der Waals surface area contributed by atoms with Crippen molar-refractivity contribution in [3.8, 4) is 5.75 Å². The monoisotopic (exact) mass is 375 g/mol. The maximum Gasteiger partial charge on any atom is 0.308 e. The summed E-state index contributed by atoms with van der Waals surface area (Å²) in [4.78, 5) is 23.1. The van der Waals surface area contributed by atoms with Crippen LogP contribution >= 0.6 is 0 Å². The normalized spacial score (nSPS) is 11.3. The molecular weight excluding hydrogens is 354 g/mol. The third-order valence-electron chi connectivity index (χ3n) is 3.70. The van der Waals surface area contributed by atoms with E-state index in [0.29, 0.717) is 0 Å². The van der Waals surface area contributed by atoms with Gasteiger partial charge in [-0.3, -0.25) is 9.59 Å². The van der Waals surface area contributed by atoms with Gasteiger partial charge in [0.1, 0.15) is 5.75 Å². The molecule has 1 amide bonds. The lowest BCUT2D eigenvalue weighted by atomic mass is 10.0. The van der Waals surface area contributed by atoms with Crippen LogP contribution in [0.3, 0.4) is 0 Å². The molecule has 2 aromatic rings. The number of carbonyl (C=O) groups is 2. The van der Waals surface area contributed by atoms with E-state index in [1.165, 1.54) is 50.2 Å². The number of hydrogen-bond donors (Lipinski definition) is 0. The first-order chi connectivity index (χ1) is 12.1. The van der Waals surface area contributed by atoms with E-state index in [4.69, 9.17) is 4.74 Å². The van der Waals surface area contributed by atoms with E-state index in [0.717, 1.165) is 9.87 Å². The zero-order valence-corrected chi connectivity index (χ0v) is 15.9. The van der Waals surface area contributed by atoms with Crippen molar-refractivity contribution < 1.29 is 22.7 Å². The van der Waals surface area contributed by atoms with Crippen LogP contribution in [0.2, 0.25) is 0 Å². The summed E-state index contributed by atoms with van der Waals surface area (Å²) in [6, 6.07) is 12.2. The van der Waals surface area contributed by atoms with E-state index < -0.39 is 21.9 Å². The van der Waals surface area contributed by atoms with Crippen molar-refractivity contribution in [2.75, 3.05) is 4.31 Å². The fraction of sp³-hybridized carbons (Fsp3) is 0.263. The Morgan fingerprint density at radius 1 is 0.923 bits per heavy atom. The van der Waals surface area contributed by atoms with Gasteiger partial charge in [-0.2, -0.15) is 0 Å². The number of benzene rings is 2. The summed E-state index contributed by atoms with van der Waals surface area (Å²) in [5.41, 5.74) is 1.17. The standard InChI is InChI=1S/C19H21NO5S/c1-13(2)16-5-11-19(12-6-16)26(23,24)20(14(3)21)17-7-9-18(10-8-17)25-15(4)22/h5-13H,1-4H3. The first-order valence-corrected chi connectivity index (χ1v) is 9.51. The second-order valence-corrected chi connectivity index (χ2v) is 7.89. The maximum atomic E-state index is 12.9. The summed E-state index contributed by atoms with van der Waals surface area (Å²) in [6.07, 6.45) is 0. The minimum absolute atomic E-state index is 0.0289. The van der Waals surface area contributed by atoms with Crippen LogP contribution in [0, 0.1) is 0 Å². The quantitative estimate of drug-likeness (QED) is 0.590. The van der Waals surface area contributed by atoms with Crippen molar-refractivity contribution in [2.24, 2.45) is 0 Å². The van der Waals surface area contributed by atoms with Gasteiger partial charge < -0.3 is 4.74 Å². The van der Waals surface area contributed by atoms with Gasteiger partial charge in [0, 0.05) is 13.8 Å². The topological polar surface area (TPSA) is 80.8 Å². The molecule has 0 fully saturated rings. The Morgan fingerprint density at radius 2 is 1.46 bits per heavy atom. The lowest BCUT2D eigenvalue weighted by molar-refractivity contribution is -0.131. The van der Waals surface area contributed by atoms with Crippen molar-refractivity contribution in [3.63, 3.8) is 0 Å². The number of nitrogens with zero attached hydrogens (tertiary/aromatic N) is 1. The Hall–Kier alpha value is -2.67. The van der Waals surface area contributed by atoms with Gasteiger partial charge in [-0.05, 0) is 47.9 Å². The maximum absolute atomic E-state index is 12.9. The molecule has 0 atom stereocenters. The van der Waals surface area contributed by atoms with Crippen molar-refractivity contribution >= 4 is 27.6 Å². The van der Waals surface area contributed by atoms with Crippen LogP contribution in [0.4, 0.5) is 5.69 Å². The third kappa shape index (κ3) is 4.29. The molecule has 0 spiro atoms. The highest BCUT2D eigenvalue weighted by atomic mass is 32.2. The van der Waals surface area contributed by atoms with Crippen LogP contribution in [0.5, 0.6) is 5.75 Å². The van der Waals surface area contributed by atoms with E-state index in [9.17, 15) is 18.0 Å². The molecule has 0 unspecified atom stereocenters. The highest BCUT2D eigenvalue weighted by Gasteiger charge is 2.28. The van der Waals surface area contributed by atoms with Crippen molar-refractivity contribution in [1.29, 1.82) is 0 Å². The van der Waals surface area contributed by atoms with Gasteiger partial charge in [0.05, 0.1) is 10.6 Å². The van der Waals surface area contributed by atoms with Crippen LogP contribution in [-0.4, -0.2) is 20.3 Å². The number of carbonyl (C=O) groups excluding carboxylic acids is 2. The van der Waals surface area contributed by atoms with Crippen molar-refractivity contribution in [1.82, 2.24) is 0 Å². The zero-order valence-electron chi connectivity index (χ0n) is 15.1. The fourth-order valence-corrected chi connectivity index (χ4v) is 3.86. The minimum atomic E-state index is -4.06. The fourth-order valence-electron chi connectivity index (χ4n) is 2.44. The van der Waals surface area contributed by atoms with Crippen LogP contribution in [0.25, 0.3) is 0 Å². The van der Waals surface area contributed by atoms with Gasteiger partial charge in [-0.15, -0.1) is 0 Å². The Balaban J connectivity index is 2.42. The molecule has 7 heteroatoms. The van der Waals surface area contributed by atoms with Crippen molar-refractivity contribution in [3.05, 3.63) is 54.1 Å². The summed E-state index contributed by atoms with van der Waals surface area (Å²) in [5.74, 6) is -0.592. The van der Waals surface area contributed by atoms with E-state index in [-0.39, 0.29) is 22.3 Å². The lowest BCUT2D eigenvalue weighted by Crippen LogP contribution is -2.35. The van der Waals surface area contributed by atoms with Gasteiger partial charge in [-0.1, -0.05) is 26.0 Å². The number of hydrogen-bond acceptors (Lipinski definition) is 5. The molecule has 0 bridgehead atoms. The largest absolute Gasteiger partial charge is 0.427 e. The molecule has 138 valence electrons. The minimum Gasteiger partial charge on any atom is -0.427 e. The lowest BCUT2D eigenvalue weighted by Gasteiger charge is -2.21. The van der Waals surface area contributed by atoms with E-state index in [2.05, 4.69) is 0 Å². The molecule has 0 aliphatic carbocycles. The van der Waals surface area contributed by atoms with Gasteiger partial charge >= 0.3 is 5.97 Å². The Morgan fingerprint density at radius 3 is 1.88 bits per heavy atom. The average molecular weight is 375 g/mol. The third-order valence-corrected chi connectivity index (χ3v) is 5.52. The number of amides is 1. The molecule has 0 aliphatic heterocycles. The molecular formula is C19H21NO5S. The molecule has 2 aromatic carbocycles. The molecule has 0 aromatic heterocycles. The van der Waals surface area contributed by atoms with Gasteiger partial charge in [-0.25, -0.2) is 12.7 Å². The smallest absolute Gasteiger partial charge is 0.308 e. The molecule has 0 saturated carbocycles. The van der Waals surface area contributed by atoms with Crippen LogP contribution < -0.4 is 9.04 Å². The Kier molecular flexibility index (Phi) is 5.82. The molecule has 0 N–H and O–H groups in total. The molecule has 2 rings (SSSR count). The second kappa shape index (κ2) is 7.70. The predicted octanol–water partition coefficient (Wildman–Crippen LogP) is 3.48. The Labute approximate surface area is 153 Å². The van der Waals surface area contributed by atoms with Crippen LogP contribution in [-0.2, 0) is 19.6 Å². The molecule has 6 nitrogen and oxygen atoms in total. The predicted molar refractivity (Wildman–Crippen MR) is 98.6 cm³/mol. The van der Waals surface area contributed by atoms with E-state index >= 15 is 0 Å². The van der Waals surface area contributed by atoms with Crippen LogP contribution in [0.1, 0.15) is 39.2 Å². The number of anilines is 1.